The number of hydrogen-bond acceptors (Lipinski definition) is 4. The van der Waals surface area contributed by atoms with Gasteiger partial charge in [-0.2, -0.15) is 4.98 Å². The molecule has 1 heterocycles. The van der Waals surface area contributed by atoms with Crippen molar-refractivity contribution in [2.24, 2.45) is 4.99 Å². The van der Waals surface area contributed by atoms with Crippen LogP contribution in [0.1, 0.15) is 64.2 Å². The Morgan fingerprint density at radius 1 is 1.18 bits per heavy atom. The van der Waals surface area contributed by atoms with Gasteiger partial charge in [0.15, 0.2) is 11.8 Å². The highest BCUT2D eigenvalue weighted by molar-refractivity contribution is 14.0. The fraction of sp³-hybridized carbons (Fsp3) is 0.571. The molecule has 2 rings (SSSR count). The Morgan fingerprint density at radius 2 is 1.89 bits per heavy atom. The molecule has 0 saturated carbocycles. The van der Waals surface area contributed by atoms with Gasteiger partial charge in [-0.3, -0.25) is 4.99 Å². The first kappa shape index (κ1) is 24.4. The van der Waals surface area contributed by atoms with E-state index in [0.717, 1.165) is 37.7 Å². The van der Waals surface area contributed by atoms with Crippen LogP contribution in [0.2, 0.25) is 0 Å². The summed E-state index contributed by atoms with van der Waals surface area (Å²) in [6.45, 7) is 13.0. The van der Waals surface area contributed by atoms with Crippen molar-refractivity contribution < 1.29 is 4.52 Å². The molecule has 0 amide bonds. The minimum atomic E-state index is -0.0133. The van der Waals surface area contributed by atoms with Crippen molar-refractivity contribution in [1.82, 2.24) is 20.8 Å². The fourth-order valence-corrected chi connectivity index (χ4v) is 2.65. The smallest absolute Gasteiger partial charge is 0.226 e. The van der Waals surface area contributed by atoms with Gasteiger partial charge in [0.25, 0.3) is 0 Å². The van der Waals surface area contributed by atoms with Crippen molar-refractivity contribution in [2.45, 2.75) is 58.8 Å². The van der Waals surface area contributed by atoms with Crippen LogP contribution in [-0.2, 0) is 11.8 Å². The highest BCUT2D eigenvalue weighted by Gasteiger charge is 2.20. The van der Waals surface area contributed by atoms with Gasteiger partial charge >= 0.3 is 0 Å². The minimum Gasteiger partial charge on any atom is -0.357 e. The summed E-state index contributed by atoms with van der Waals surface area (Å²) in [5.74, 6) is 2.61. The van der Waals surface area contributed by atoms with E-state index in [-0.39, 0.29) is 29.4 Å². The predicted molar refractivity (Wildman–Crippen MR) is 126 cm³/mol. The standard InChI is InChI=1S/C21H33N5O.HI/c1-6-22-20(24-15-21(4,5)17-11-8-7-9-12-17)23-14-10-13-18-25-19(16(2)3)26-27-18;/h7-9,11-12,16H,6,10,13-15H2,1-5H3,(H2,22,23,24);1H. The third-order valence-electron chi connectivity index (χ3n) is 4.39. The van der Waals surface area contributed by atoms with Gasteiger partial charge in [-0.15, -0.1) is 24.0 Å². The first-order valence-corrected chi connectivity index (χ1v) is 9.82. The summed E-state index contributed by atoms with van der Waals surface area (Å²) in [4.78, 5) is 9.19. The molecule has 1 aromatic carbocycles. The summed E-state index contributed by atoms with van der Waals surface area (Å²) >= 11 is 0. The largest absolute Gasteiger partial charge is 0.357 e. The van der Waals surface area contributed by atoms with Crippen molar-refractivity contribution in [3.05, 3.63) is 47.6 Å². The van der Waals surface area contributed by atoms with Gasteiger partial charge in [-0.05, 0) is 18.9 Å². The lowest BCUT2D eigenvalue weighted by molar-refractivity contribution is 0.368. The summed E-state index contributed by atoms with van der Waals surface area (Å²) < 4.78 is 5.29. The molecule has 2 N–H and O–H groups in total. The number of aryl methyl sites for hydroxylation is 1. The summed E-state index contributed by atoms with van der Waals surface area (Å²) in [5, 5.41) is 10.7. The zero-order valence-electron chi connectivity index (χ0n) is 17.7. The molecule has 0 unspecified atom stereocenters. The molecular weight excluding hydrogens is 465 g/mol. The zero-order valence-corrected chi connectivity index (χ0v) is 20.0. The fourth-order valence-electron chi connectivity index (χ4n) is 2.65. The number of nitrogens with one attached hydrogen (secondary N) is 2. The predicted octanol–water partition coefficient (Wildman–Crippen LogP) is 4.28. The molecule has 1 aromatic heterocycles. The number of rotatable bonds is 9. The lowest BCUT2D eigenvalue weighted by Gasteiger charge is -2.23. The van der Waals surface area contributed by atoms with Crippen LogP contribution in [-0.4, -0.2) is 35.7 Å². The molecule has 0 radical (unpaired) electrons. The number of guanidine groups is 1. The maximum Gasteiger partial charge on any atom is 0.226 e. The molecule has 0 fully saturated rings. The maximum atomic E-state index is 5.29. The summed E-state index contributed by atoms with van der Waals surface area (Å²) in [5.41, 5.74) is 1.28. The summed E-state index contributed by atoms with van der Waals surface area (Å²) in [6.07, 6.45) is 1.67. The number of aliphatic imine (C=N–C) groups is 1. The monoisotopic (exact) mass is 499 g/mol. The molecule has 2 aromatic rings. The lowest BCUT2D eigenvalue weighted by atomic mass is 9.85. The molecule has 7 heteroatoms. The van der Waals surface area contributed by atoms with E-state index >= 15 is 0 Å². The molecule has 6 nitrogen and oxygen atoms in total. The summed E-state index contributed by atoms with van der Waals surface area (Å²) in [6, 6.07) is 10.5. The van der Waals surface area contributed by atoms with E-state index in [9.17, 15) is 0 Å². The van der Waals surface area contributed by atoms with Crippen LogP contribution in [0.5, 0.6) is 0 Å². The third kappa shape index (κ3) is 7.77. The molecule has 28 heavy (non-hydrogen) atoms. The Hall–Kier alpha value is -1.64. The first-order chi connectivity index (χ1) is 12.9. The van der Waals surface area contributed by atoms with Gasteiger partial charge in [0, 0.05) is 30.8 Å². The van der Waals surface area contributed by atoms with Crippen molar-refractivity contribution in [3.8, 4) is 0 Å². The highest BCUT2D eigenvalue weighted by atomic mass is 127. The number of nitrogens with zero attached hydrogens (tertiary/aromatic N) is 3. The van der Waals surface area contributed by atoms with E-state index in [1.807, 2.05) is 6.07 Å². The molecule has 156 valence electrons. The Kier molecular flexibility index (Phi) is 10.5. The van der Waals surface area contributed by atoms with Gasteiger partial charge in [0.1, 0.15) is 0 Å². The van der Waals surface area contributed by atoms with Gasteiger partial charge in [-0.1, -0.05) is 63.2 Å². The number of hydrogen-bond donors (Lipinski definition) is 2. The summed E-state index contributed by atoms with van der Waals surface area (Å²) in [7, 11) is 0. The van der Waals surface area contributed by atoms with Crippen molar-refractivity contribution >= 4 is 29.9 Å². The number of aromatic nitrogens is 2. The van der Waals surface area contributed by atoms with Gasteiger partial charge in [-0.25, -0.2) is 0 Å². The van der Waals surface area contributed by atoms with Crippen LogP contribution < -0.4 is 10.6 Å². The number of benzene rings is 1. The maximum absolute atomic E-state index is 5.29. The lowest BCUT2D eigenvalue weighted by Crippen LogP contribution is -2.39. The minimum absolute atomic E-state index is 0. The Balaban J connectivity index is 0.00000392. The Bertz CT molecular complexity index is 713. The molecule has 0 spiro atoms. The van der Waals surface area contributed by atoms with Crippen molar-refractivity contribution in [1.29, 1.82) is 0 Å². The van der Waals surface area contributed by atoms with Gasteiger partial charge in [0.2, 0.25) is 5.89 Å². The molecule has 0 bridgehead atoms. The zero-order chi connectivity index (χ0) is 19.7. The second-order valence-corrected chi connectivity index (χ2v) is 7.68. The van der Waals surface area contributed by atoms with Gasteiger partial charge in [0.05, 0.1) is 6.54 Å². The van der Waals surface area contributed by atoms with Crippen LogP contribution in [0.15, 0.2) is 39.8 Å². The van der Waals surface area contributed by atoms with Gasteiger partial charge < -0.3 is 15.2 Å². The first-order valence-electron chi connectivity index (χ1n) is 9.82. The van der Waals surface area contributed by atoms with E-state index in [2.05, 4.69) is 79.7 Å². The second kappa shape index (κ2) is 12.0. The Labute approximate surface area is 186 Å². The van der Waals surface area contributed by atoms with Crippen LogP contribution in [0.4, 0.5) is 0 Å². The number of halogens is 1. The van der Waals surface area contributed by atoms with Crippen molar-refractivity contribution in [2.75, 3.05) is 19.6 Å². The van der Waals surface area contributed by atoms with Crippen LogP contribution in [0, 0.1) is 0 Å². The Morgan fingerprint density at radius 3 is 2.50 bits per heavy atom. The normalized spacial score (nSPS) is 12.0. The molecule has 0 atom stereocenters. The third-order valence-corrected chi connectivity index (χ3v) is 4.39. The van der Waals surface area contributed by atoms with E-state index in [0.29, 0.717) is 18.4 Å². The van der Waals surface area contributed by atoms with E-state index in [4.69, 9.17) is 9.52 Å². The van der Waals surface area contributed by atoms with E-state index in [1.165, 1.54) is 5.56 Å². The molecule has 0 saturated heterocycles. The SMILES string of the molecule is CCNC(=NCC(C)(C)c1ccccc1)NCCCc1nc(C(C)C)no1.I. The average molecular weight is 499 g/mol. The molecule has 0 aliphatic rings. The topological polar surface area (TPSA) is 75.3 Å². The molecular formula is C21H34IN5O. The van der Waals surface area contributed by atoms with E-state index < -0.39 is 0 Å². The highest BCUT2D eigenvalue weighted by Crippen LogP contribution is 2.22. The second-order valence-electron chi connectivity index (χ2n) is 7.68. The van der Waals surface area contributed by atoms with Crippen LogP contribution in [0.25, 0.3) is 0 Å². The van der Waals surface area contributed by atoms with Crippen molar-refractivity contribution in [3.63, 3.8) is 0 Å². The molecule has 0 aliphatic heterocycles. The van der Waals surface area contributed by atoms with Crippen LogP contribution >= 0.6 is 24.0 Å². The average Bonchev–Trinajstić information content (AvgIpc) is 3.13. The quantitative estimate of drug-likeness (QED) is 0.233. The van der Waals surface area contributed by atoms with Crippen LogP contribution in [0.3, 0.4) is 0 Å². The molecule has 0 aliphatic carbocycles. The van der Waals surface area contributed by atoms with E-state index in [1.54, 1.807) is 0 Å².